The van der Waals surface area contributed by atoms with Crippen LogP contribution in [0.25, 0.3) is 0 Å². The Morgan fingerprint density at radius 1 is 1.00 bits per heavy atom. The van der Waals surface area contributed by atoms with Crippen molar-refractivity contribution in [1.82, 2.24) is 4.57 Å². The SMILES string of the molecule is [c-]1cn(Cc2ccccc2)c[n+]1C12CC3CC(CC(C3)C1)C2. The van der Waals surface area contributed by atoms with E-state index in [2.05, 4.69) is 58.2 Å². The minimum absolute atomic E-state index is 0.399. The van der Waals surface area contributed by atoms with Crippen LogP contribution < -0.4 is 4.57 Å². The van der Waals surface area contributed by atoms with Gasteiger partial charge < -0.3 is 9.13 Å². The Labute approximate surface area is 132 Å². The van der Waals surface area contributed by atoms with Gasteiger partial charge >= 0.3 is 0 Å². The van der Waals surface area contributed by atoms with Gasteiger partial charge in [-0.25, -0.2) is 0 Å². The molecule has 0 saturated heterocycles. The second-order valence-corrected chi connectivity index (χ2v) is 8.04. The van der Waals surface area contributed by atoms with Crippen LogP contribution in [-0.4, -0.2) is 4.57 Å². The van der Waals surface area contributed by atoms with E-state index in [0.717, 1.165) is 24.3 Å². The number of nitrogens with zero attached hydrogens (tertiary/aromatic N) is 2. The first-order valence-corrected chi connectivity index (χ1v) is 8.83. The lowest BCUT2D eigenvalue weighted by atomic mass is 9.53. The fourth-order valence-corrected chi connectivity index (χ4v) is 5.85. The maximum atomic E-state index is 3.56. The molecule has 4 fully saturated rings. The summed E-state index contributed by atoms with van der Waals surface area (Å²) in [5, 5.41) is 0. The van der Waals surface area contributed by atoms with Crippen LogP contribution in [0.5, 0.6) is 0 Å². The Kier molecular flexibility index (Phi) is 2.77. The Hall–Kier alpha value is -1.57. The second kappa shape index (κ2) is 4.71. The first-order chi connectivity index (χ1) is 10.8. The molecule has 22 heavy (non-hydrogen) atoms. The highest BCUT2D eigenvalue weighted by atomic mass is 15.2. The zero-order valence-electron chi connectivity index (χ0n) is 13.1. The molecule has 0 aliphatic heterocycles. The highest BCUT2D eigenvalue weighted by molar-refractivity contribution is 5.14. The van der Waals surface area contributed by atoms with Gasteiger partial charge in [0.2, 0.25) is 0 Å². The standard InChI is InChI=1S/C20H24N2/c1-2-4-16(5-3-1)14-21-6-7-22(15-21)20-11-17-8-18(12-20)10-19(9-17)13-20/h1-6,15,17-19H,8-14H2. The zero-order valence-corrected chi connectivity index (χ0v) is 13.1. The third-order valence-electron chi connectivity index (χ3n) is 6.35. The highest BCUT2D eigenvalue weighted by Gasteiger charge is 2.52. The number of hydrogen-bond acceptors (Lipinski definition) is 0. The van der Waals surface area contributed by atoms with E-state index in [-0.39, 0.29) is 0 Å². The summed E-state index contributed by atoms with van der Waals surface area (Å²) in [5.74, 6) is 2.97. The molecule has 6 rings (SSSR count). The van der Waals surface area contributed by atoms with Crippen molar-refractivity contribution in [2.24, 2.45) is 17.8 Å². The number of hydrogen-bond donors (Lipinski definition) is 0. The molecular formula is C20H24N2. The average molecular weight is 292 g/mol. The fraction of sp³-hybridized carbons (Fsp3) is 0.550. The van der Waals surface area contributed by atoms with E-state index in [1.54, 1.807) is 0 Å². The molecule has 0 spiro atoms. The van der Waals surface area contributed by atoms with Gasteiger partial charge in [0.25, 0.3) is 0 Å². The first-order valence-electron chi connectivity index (χ1n) is 8.83. The van der Waals surface area contributed by atoms with E-state index < -0.39 is 0 Å². The lowest BCUT2D eigenvalue weighted by Crippen LogP contribution is -2.64. The first kappa shape index (κ1) is 12.9. The van der Waals surface area contributed by atoms with Crippen molar-refractivity contribution in [2.45, 2.75) is 50.6 Å². The van der Waals surface area contributed by atoms with Crippen LogP contribution in [0.15, 0.2) is 42.9 Å². The maximum absolute atomic E-state index is 3.56. The van der Waals surface area contributed by atoms with Crippen molar-refractivity contribution in [3.05, 3.63) is 54.6 Å². The van der Waals surface area contributed by atoms with Crippen LogP contribution in [0.4, 0.5) is 0 Å². The molecule has 0 atom stereocenters. The molecule has 1 aromatic heterocycles. The van der Waals surface area contributed by atoms with Crippen molar-refractivity contribution in [2.75, 3.05) is 0 Å². The van der Waals surface area contributed by atoms with Crippen LogP contribution in [0.2, 0.25) is 0 Å². The molecule has 4 aliphatic carbocycles. The van der Waals surface area contributed by atoms with E-state index in [4.69, 9.17) is 0 Å². The number of aromatic nitrogens is 2. The van der Waals surface area contributed by atoms with Gasteiger partial charge in [0, 0.05) is 6.20 Å². The summed E-state index contributed by atoms with van der Waals surface area (Å²) < 4.78 is 4.76. The van der Waals surface area contributed by atoms with Gasteiger partial charge in [-0.15, -0.1) is 0 Å². The Morgan fingerprint density at radius 3 is 2.27 bits per heavy atom. The molecular weight excluding hydrogens is 268 g/mol. The van der Waals surface area contributed by atoms with Gasteiger partial charge in [-0.2, -0.15) is 0 Å². The average Bonchev–Trinajstić information content (AvgIpc) is 2.96. The van der Waals surface area contributed by atoms with Crippen LogP contribution in [-0.2, 0) is 12.1 Å². The second-order valence-electron chi connectivity index (χ2n) is 8.04. The van der Waals surface area contributed by atoms with Gasteiger partial charge in [-0.1, -0.05) is 30.3 Å². The van der Waals surface area contributed by atoms with Crippen LogP contribution in [0.1, 0.15) is 44.1 Å². The molecule has 0 amide bonds. The van der Waals surface area contributed by atoms with Crippen molar-refractivity contribution in [3.63, 3.8) is 0 Å². The lowest BCUT2D eigenvalue weighted by Gasteiger charge is -2.56. The molecule has 4 aliphatic rings. The van der Waals surface area contributed by atoms with E-state index in [0.29, 0.717) is 5.54 Å². The Bertz CT molecular complexity index is 635. The van der Waals surface area contributed by atoms with Gasteiger partial charge in [0.15, 0.2) is 0 Å². The van der Waals surface area contributed by atoms with E-state index in [1.165, 1.54) is 44.1 Å². The summed E-state index contributed by atoms with van der Waals surface area (Å²) in [6, 6.07) is 10.7. The predicted molar refractivity (Wildman–Crippen MR) is 85.2 cm³/mol. The van der Waals surface area contributed by atoms with Gasteiger partial charge in [0.1, 0.15) is 0 Å². The molecule has 0 unspecified atom stereocenters. The van der Waals surface area contributed by atoms with Crippen molar-refractivity contribution < 1.29 is 4.57 Å². The minimum Gasteiger partial charge on any atom is -0.395 e. The molecule has 2 nitrogen and oxygen atoms in total. The predicted octanol–water partition coefficient (Wildman–Crippen LogP) is 3.55. The Morgan fingerprint density at radius 2 is 1.64 bits per heavy atom. The molecule has 114 valence electrons. The zero-order chi connectivity index (χ0) is 14.6. The largest absolute Gasteiger partial charge is 0.395 e. The fourth-order valence-electron chi connectivity index (χ4n) is 5.85. The lowest BCUT2D eigenvalue weighted by molar-refractivity contribution is -0.779. The van der Waals surface area contributed by atoms with Gasteiger partial charge in [0.05, 0.1) is 18.4 Å². The van der Waals surface area contributed by atoms with Crippen LogP contribution in [0, 0.1) is 24.0 Å². The molecule has 2 aromatic rings. The van der Waals surface area contributed by atoms with Crippen molar-refractivity contribution in [3.8, 4) is 0 Å². The minimum atomic E-state index is 0.399. The summed E-state index contributed by atoms with van der Waals surface area (Å²) in [6.45, 7) is 0.955. The molecule has 1 aromatic carbocycles. The van der Waals surface area contributed by atoms with E-state index >= 15 is 0 Å². The van der Waals surface area contributed by atoms with Gasteiger partial charge in [-0.3, -0.25) is 0 Å². The summed E-state index contributed by atoms with van der Waals surface area (Å²) >= 11 is 0. The topological polar surface area (TPSA) is 8.81 Å². The summed E-state index contributed by atoms with van der Waals surface area (Å²) in [4.78, 5) is 0. The molecule has 1 heterocycles. The number of benzene rings is 1. The normalized spacial score (nSPS) is 35.9. The molecule has 4 bridgehead atoms. The van der Waals surface area contributed by atoms with Crippen molar-refractivity contribution in [1.29, 1.82) is 0 Å². The summed E-state index contributed by atoms with van der Waals surface area (Å²) in [5.41, 5.74) is 1.76. The summed E-state index contributed by atoms with van der Waals surface area (Å²) in [7, 11) is 0. The van der Waals surface area contributed by atoms with E-state index in [1.807, 2.05) is 0 Å². The molecule has 0 radical (unpaired) electrons. The number of rotatable bonds is 3. The third-order valence-corrected chi connectivity index (χ3v) is 6.35. The quantitative estimate of drug-likeness (QED) is 0.604. The Balaban J connectivity index is 1.42. The smallest absolute Gasteiger partial charge is 0.0967 e. The molecule has 2 heteroatoms. The van der Waals surface area contributed by atoms with Gasteiger partial charge in [-0.05, 0) is 68.0 Å². The van der Waals surface area contributed by atoms with E-state index in [9.17, 15) is 0 Å². The van der Waals surface area contributed by atoms with Crippen molar-refractivity contribution >= 4 is 0 Å². The molecule has 0 N–H and O–H groups in total. The monoisotopic (exact) mass is 292 g/mol. The number of imidazole rings is 1. The maximum Gasteiger partial charge on any atom is 0.0967 e. The third kappa shape index (κ3) is 2.04. The van der Waals surface area contributed by atoms with Crippen LogP contribution >= 0.6 is 0 Å². The summed E-state index contributed by atoms with van der Waals surface area (Å²) in [6.07, 6.45) is 16.7. The van der Waals surface area contributed by atoms with Crippen LogP contribution in [0.3, 0.4) is 0 Å². The molecule has 4 saturated carbocycles. The highest BCUT2D eigenvalue weighted by Crippen LogP contribution is 2.56.